The van der Waals surface area contributed by atoms with Crippen molar-refractivity contribution < 1.29 is 0 Å². The van der Waals surface area contributed by atoms with E-state index in [4.69, 9.17) is 0 Å². The van der Waals surface area contributed by atoms with Gasteiger partial charge in [-0.1, -0.05) is 6.07 Å². The Balaban J connectivity index is 1.86. The van der Waals surface area contributed by atoms with Gasteiger partial charge in [0.2, 0.25) is 0 Å². The molecule has 0 bridgehead atoms. The molecule has 0 unspecified atom stereocenters. The van der Waals surface area contributed by atoms with Crippen molar-refractivity contribution in [1.29, 1.82) is 0 Å². The lowest BCUT2D eigenvalue weighted by molar-refractivity contribution is 0.388. The summed E-state index contributed by atoms with van der Waals surface area (Å²) in [7, 11) is 2.19. The summed E-state index contributed by atoms with van der Waals surface area (Å²) >= 11 is 1.84. The van der Waals surface area contributed by atoms with Crippen molar-refractivity contribution in [3.8, 4) is 0 Å². The number of thiophene rings is 1. The normalized spacial score (nSPS) is 25.4. The van der Waals surface area contributed by atoms with Gasteiger partial charge in [0.05, 0.1) is 0 Å². The van der Waals surface area contributed by atoms with E-state index >= 15 is 0 Å². The molecule has 0 radical (unpaired) electrons. The van der Waals surface area contributed by atoms with Crippen LogP contribution in [0.3, 0.4) is 0 Å². The predicted octanol–water partition coefficient (Wildman–Crippen LogP) is 2.10. The quantitative estimate of drug-likeness (QED) is 0.822. The number of nitrogens with one attached hydrogen (secondary N) is 1. The average molecular weight is 210 g/mol. The van der Waals surface area contributed by atoms with Gasteiger partial charge in [-0.15, -0.1) is 11.3 Å². The van der Waals surface area contributed by atoms with Gasteiger partial charge in [-0.3, -0.25) is 0 Å². The van der Waals surface area contributed by atoms with Crippen LogP contribution in [0.2, 0.25) is 0 Å². The highest BCUT2D eigenvalue weighted by atomic mass is 32.1. The Morgan fingerprint density at radius 2 is 2.50 bits per heavy atom. The van der Waals surface area contributed by atoms with E-state index in [0.29, 0.717) is 12.1 Å². The lowest BCUT2D eigenvalue weighted by Gasteiger charge is -2.18. The summed E-state index contributed by atoms with van der Waals surface area (Å²) in [5.74, 6) is 0. The molecule has 2 rings (SSSR count). The first-order valence-corrected chi connectivity index (χ1v) is 6.11. The van der Waals surface area contributed by atoms with E-state index in [1.54, 1.807) is 0 Å². The highest BCUT2D eigenvalue weighted by Gasteiger charge is 2.21. The lowest BCUT2D eigenvalue weighted by Crippen LogP contribution is -2.33. The fourth-order valence-electron chi connectivity index (χ4n) is 2.04. The zero-order chi connectivity index (χ0) is 9.97. The molecule has 1 aliphatic heterocycles. The Kier molecular flexibility index (Phi) is 3.21. The number of likely N-dealkylation sites (tertiary alicyclic amines) is 1. The molecule has 2 nitrogen and oxygen atoms in total. The van der Waals surface area contributed by atoms with Crippen molar-refractivity contribution in [1.82, 2.24) is 10.2 Å². The van der Waals surface area contributed by atoms with Crippen molar-refractivity contribution in [2.75, 3.05) is 20.1 Å². The van der Waals surface area contributed by atoms with E-state index in [2.05, 4.69) is 41.7 Å². The Labute approximate surface area is 89.9 Å². The van der Waals surface area contributed by atoms with Crippen molar-refractivity contribution in [3.05, 3.63) is 22.4 Å². The second kappa shape index (κ2) is 4.43. The Hall–Kier alpha value is -0.380. The second-order valence-electron chi connectivity index (χ2n) is 4.15. The first-order valence-electron chi connectivity index (χ1n) is 5.23. The van der Waals surface area contributed by atoms with Crippen LogP contribution < -0.4 is 5.32 Å². The maximum Gasteiger partial charge on any atom is 0.0388 e. The topological polar surface area (TPSA) is 15.3 Å². The summed E-state index contributed by atoms with van der Waals surface area (Å²) < 4.78 is 0. The highest BCUT2D eigenvalue weighted by molar-refractivity contribution is 7.10. The van der Waals surface area contributed by atoms with Crippen LogP contribution in [0.15, 0.2) is 17.5 Å². The molecule has 0 spiro atoms. The van der Waals surface area contributed by atoms with Crippen LogP contribution in [0.4, 0.5) is 0 Å². The van der Waals surface area contributed by atoms with Crippen LogP contribution in [0.5, 0.6) is 0 Å². The van der Waals surface area contributed by atoms with Gasteiger partial charge in [0.1, 0.15) is 0 Å². The molecule has 3 heteroatoms. The molecule has 2 atom stereocenters. The van der Waals surface area contributed by atoms with Crippen molar-refractivity contribution in [3.63, 3.8) is 0 Å². The summed E-state index contributed by atoms with van der Waals surface area (Å²) in [4.78, 5) is 3.83. The van der Waals surface area contributed by atoms with Crippen LogP contribution in [0, 0.1) is 0 Å². The fraction of sp³-hybridized carbons (Fsp3) is 0.636. The summed E-state index contributed by atoms with van der Waals surface area (Å²) in [5.41, 5.74) is 0. The molecule has 0 aromatic carbocycles. The minimum absolute atomic E-state index is 0.506. The molecule has 1 saturated heterocycles. The maximum atomic E-state index is 3.68. The van der Waals surface area contributed by atoms with Gasteiger partial charge in [0.25, 0.3) is 0 Å². The molecule has 1 aromatic rings. The largest absolute Gasteiger partial charge is 0.305 e. The molecular weight excluding hydrogens is 192 g/mol. The number of hydrogen-bond donors (Lipinski definition) is 1. The van der Waals surface area contributed by atoms with E-state index < -0.39 is 0 Å². The number of nitrogens with zero attached hydrogens (tertiary/aromatic N) is 1. The second-order valence-corrected chi connectivity index (χ2v) is 5.13. The van der Waals surface area contributed by atoms with Crippen LogP contribution in [0.25, 0.3) is 0 Å². The summed E-state index contributed by atoms with van der Waals surface area (Å²) in [6.07, 6.45) is 1.28. The monoisotopic (exact) mass is 210 g/mol. The molecule has 0 saturated carbocycles. The lowest BCUT2D eigenvalue weighted by atomic mass is 10.2. The molecule has 2 heterocycles. The number of rotatable bonds is 3. The summed E-state index contributed by atoms with van der Waals surface area (Å²) in [6, 6.07) is 5.52. The zero-order valence-electron chi connectivity index (χ0n) is 8.86. The molecule has 1 fully saturated rings. The van der Waals surface area contributed by atoms with E-state index in [0.717, 1.165) is 0 Å². The van der Waals surface area contributed by atoms with Gasteiger partial charge in [-0.05, 0) is 38.4 Å². The van der Waals surface area contributed by atoms with Crippen molar-refractivity contribution in [2.24, 2.45) is 0 Å². The molecule has 14 heavy (non-hydrogen) atoms. The molecular formula is C11H18N2S. The van der Waals surface area contributed by atoms with Crippen LogP contribution in [-0.4, -0.2) is 31.1 Å². The third kappa shape index (κ3) is 2.35. The van der Waals surface area contributed by atoms with Gasteiger partial charge in [-0.25, -0.2) is 0 Å². The van der Waals surface area contributed by atoms with Crippen molar-refractivity contribution >= 4 is 11.3 Å². The third-order valence-electron chi connectivity index (χ3n) is 2.85. The average Bonchev–Trinajstić information content (AvgIpc) is 2.75. The van der Waals surface area contributed by atoms with E-state index in [1.807, 2.05) is 11.3 Å². The summed E-state index contributed by atoms with van der Waals surface area (Å²) in [5, 5.41) is 5.83. The third-order valence-corrected chi connectivity index (χ3v) is 3.90. The van der Waals surface area contributed by atoms with E-state index in [1.165, 1.54) is 24.4 Å². The molecule has 78 valence electrons. The predicted molar refractivity (Wildman–Crippen MR) is 61.8 cm³/mol. The van der Waals surface area contributed by atoms with Gasteiger partial charge in [0.15, 0.2) is 0 Å². The standard InChI is InChI=1S/C11H18N2S/c1-9(11-4-3-7-14-11)12-10-5-6-13(2)8-10/h3-4,7,9-10,12H,5-6,8H2,1-2H3/t9-,10-/m0/s1. The molecule has 1 N–H and O–H groups in total. The van der Waals surface area contributed by atoms with Crippen LogP contribution in [-0.2, 0) is 0 Å². The first kappa shape index (κ1) is 10.1. The maximum absolute atomic E-state index is 3.68. The Morgan fingerprint density at radius 1 is 1.64 bits per heavy atom. The zero-order valence-corrected chi connectivity index (χ0v) is 9.68. The summed E-state index contributed by atoms with van der Waals surface area (Å²) in [6.45, 7) is 4.68. The fourth-order valence-corrected chi connectivity index (χ4v) is 2.79. The molecule has 0 aliphatic carbocycles. The minimum Gasteiger partial charge on any atom is -0.305 e. The van der Waals surface area contributed by atoms with Gasteiger partial charge < -0.3 is 10.2 Å². The van der Waals surface area contributed by atoms with Crippen LogP contribution in [0.1, 0.15) is 24.3 Å². The Bertz CT molecular complexity index is 271. The SMILES string of the molecule is C[C@H](N[C@H]1CCN(C)C1)c1cccs1. The highest BCUT2D eigenvalue weighted by Crippen LogP contribution is 2.20. The molecule has 1 aromatic heterocycles. The van der Waals surface area contributed by atoms with Crippen molar-refractivity contribution in [2.45, 2.75) is 25.4 Å². The number of hydrogen-bond acceptors (Lipinski definition) is 3. The van der Waals surface area contributed by atoms with Gasteiger partial charge in [-0.2, -0.15) is 0 Å². The molecule has 0 amide bonds. The minimum atomic E-state index is 0.506. The van der Waals surface area contributed by atoms with Gasteiger partial charge >= 0.3 is 0 Å². The van der Waals surface area contributed by atoms with Crippen LogP contribution >= 0.6 is 11.3 Å². The van der Waals surface area contributed by atoms with E-state index in [9.17, 15) is 0 Å². The Morgan fingerprint density at radius 3 is 3.07 bits per heavy atom. The van der Waals surface area contributed by atoms with Gasteiger partial charge in [0, 0.05) is 23.5 Å². The first-order chi connectivity index (χ1) is 6.75. The smallest absolute Gasteiger partial charge is 0.0388 e. The number of likely N-dealkylation sites (N-methyl/N-ethyl adjacent to an activating group) is 1. The molecule has 1 aliphatic rings. The van der Waals surface area contributed by atoms with E-state index in [-0.39, 0.29) is 0 Å².